The fraction of sp³-hybridized carbons (Fsp3) is 0.312. The number of halogens is 1. The molecule has 0 aliphatic rings. The van der Waals surface area contributed by atoms with Crippen LogP contribution < -0.4 is 4.31 Å². The standard InChI is InChI=1S/C16H18BrNO4S2/c1-12-4-6-13(7-5-12)24(20,21)18(10-3-9-17)15-14(8-11-23-15)16(19)22-2/h4-8,11H,3,9-10H2,1-2H3. The molecule has 24 heavy (non-hydrogen) atoms. The van der Waals surface area contributed by atoms with Crippen LogP contribution in [0.25, 0.3) is 0 Å². The fourth-order valence-corrected chi connectivity index (χ4v) is 5.05. The van der Waals surface area contributed by atoms with E-state index in [2.05, 4.69) is 15.9 Å². The summed E-state index contributed by atoms with van der Waals surface area (Å²) in [5.74, 6) is -0.547. The number of alkyl halides is 1. The number of nitrogens with zero attached hydrogens (tertiary/aromatic N) is 1. The first kappa shape index (κ1) is 19.0. The normalized spacial score (nSPS) is 11.3. The summed E-state index contributed by atoms with van der Waals surface area (Å²) >= 11 is 4.53. The molecule has 0 bridgehead atoms. The van der Waals surface area contributed by atoms with Gasteiger partial charge in [-0.25, -0.2) is 13.2 Å². The minimum atomic E-state index is -3.76. The Morgan fingerprint density at radius 1 is 1.25 bits per heavy atom. The van der Waals surface area contributed by atoms with Gasteiger partial charge in [-0.15, -0.1) is 11.3 Å². The quantitative estimate of drug-likeness (QED) is 0.493. The molecule has 0 spiro atoms. The smallest absolute Gasteiger partial charge is 0.340 e. The summed E-state index contributed by atoms with van der Waals surface area (Å²) in [7, 11) is -2.48. The van der Waals surface area contributed by atoms with Crippen LogP contribution in [-0.2, 0) is 14.8 Å². The Bertz CT molecular complexity index is 800. The van der Waals surface area contributed by atoms with E-state index >= 15 is 0 Å². The van der Waals surface area contributed by atoms with Gasteiger partial charge in [0.15, 0.2) is 0 Å². The van der Waals surface area contributed by atoms with Crippen LogP contribution in [0.5, 0.6) is 0 Å². The molecule has 0 radical (unpaired) electrons. The van der Waals surface area contributed by atoms with Gasteiger partial charge in [0.1, 0.15) is 5.00 Å². The Morgan fingerprint density at radius 2 is 1.92 bits per heavy atom. The molecule has 0 N–H and O–H groups in total. The van der Waals surface area contributed by atoms with Gasteiger partial charge in [-0.05, 0) is 36.9 Å². The van der Waals surface area contributed by atoms with Crippen LogP contribution in [0, 0.1) is 6.92 Å². The van der Waals surface area contributed by atoms with E-state index in [1.807, 2.05) is 6.92 Å². The molecular formula is C16H18BrNO4S2. The molecule has 0 saturated heterocycles. The Hall–Kier alpha value is -1.38. The second kappa shape index (κ2) is 8.13. The highest BCUT2D eigenvalue weighted by Crippen LogP contribution is 2.33. The zero-order valence-corrected chi connectivity index (χ0v) is 16.6. The molecule has 0 saturated carbocycles. The van der Waals surface area contributed by atoms with E-state index in [0.29, 0.717) is 16.8 Å². The van der Waals surface area contributed by atoms with Crippen LogP contribution in [0.2, 0.25) is 0 Å². The molecule has 0 aliphatic carbocycles. The summed E-state index contributed by atoms with van der Waals surface area (Å²) in [6.45, 7) is 2.17. The number of thiophene rings is 1. The largest absolute Gasteiger partial charge is 0.465 e. The number of hydrogen-bond acceptors (Lipinski definition) is 5. The minimum Gasteiger partial charge on any atom is -0.465 e. The predicted octanol–water partition coefficient (Wildman–Crippen LogP) is 3.82. The van der Waals surface area contributed by atoms with Gasteiger partial charge in [0.05, 0.1) is 17.6 Å². The van der Waals surface area contributed by atoms with Crippen LogP contribution in [0.3, 0.4) is 0 Å². The van der Waals surface area contributed by atoms with Crippen molar-refractivity contribution in [2.75, 3.05) is 23.3 Å². The van der Waals surface area contributed by atoms with Crippen molar-refractivity contribution in [2.45, 2.75) is 18.2 Å². The van der Waals surface area contributed by atoms with Gasteiger partial charge in [-0.1, -0.05) is 33.6 Å². The molecule has 0 unspecified atom stereocenters. The lowest BCUT2D eigenvalue weighted by atomic mass is 10.2. The van der Waals surface area contributed by atoms with E-state index in [-0.39, 0.29) is 17.0 Å². The molecule has 0 aliphatic heterocycles. The van der Waals surface area contributed by atoms with Gasteiger partial charge in [-0.3, -0.25) is 4.31 Å². The second-order valence-corrected chi connectivity index (χ2v) is 8.61. The number of esters is 1. The second-order valence-electron chi connectivity index (χ2n) is 5.06. The van der Waals surface area contributed by atoms with E-state index in [1.165, 1.54) is 22.8 Å². The Balaban J connectivity index is 2.51. The molecule has 0 fully saturated rings. The number of benzene rings is 1. The predicted molar refractivity (Wildman–Crippen MR) is 99.8 cm³/mol. The Labute approximate surface area is 154 Å². The van der Waals surface area contributed by atoms with Gasteiger partial charge >= 0.3 is 5.97 Å². The van der Waals surface area contributed by atoms with Crippen molar-refractivity contribution in [1.82, 2.24) is 0 Å². The van der Waals surface area contributed by atoms with Crippen molar-refractivity contribution in [2.24, 2.45) is 0 Å². The highest BCUT2D eigenvalue weighted by atomic mass is 79.9. The van der Waals surface area contributed by atoms with Crippen molar-refractivity contribution in [1.29, 1.82) is 0 Å². The summed E-state index contributed by atoms with van der Waals surface area (Å²) in [5, 5.41) is 2.72. The molecule has 0 amide bonds. The first-order valence-electron chi connectivity index (χ1n) is 7.23. The number of methoxy groups -OCH3 is 1. The third-order valence-electron chi connectivity index (χ3n) is 3.38. The Morgan fingerprint density at radius 3 is 2.50 bits per heavy atom. The molecule has 8 heteroatoms. The minimum absolute atomic E-state index is 0.201. The average Bonchev–Trinajstić information content (AvgIpc) is 3.04. The first-order valence-corrected chi connectivity index (χ1v) is 10.7. The number of ether oxygens (including phenoxy) is 1. The van der Waals surface area contributed by atoms with Crippen molar-refractivity contribution in [3.8, 4) is 0 Å². The first-order chi connectivity index (χ1) is 11.4. The van der Waals surface area contributed by atoms with Crippen molar-refractivity contribution < 1.29 is 17.9 Å². The number of anilines is 1. The molecular weight excluding hydrogens is 414 g/mol. The molecule has 0 atom stereocenters. The zero-order valence-electron chi connectivity index (χ0n) is 13.4. The number of carbonyl (C=O) groups is 1. The topological polar surface area (TPSA) is 63.7 Å². The summed E-state index contributed by atoms with van der Waals surface area (Å²) in [4.78, 5) is 12.1. The van der Waals surface area contributed by atoms with Crippen molar-refractivity contribution in [3.63, 3.8) is 0 Å². The third kappa shape index (κ3) is 3.99. The lowest BCUT2D eigenvalue weighted by Crippen LogP contribution is -2.32. The molecule has 5 nitrogen and oxygen atoms in total. The highest BCUT2D eigenvalue weighted by molar-refractivity contribution is 9.09. The maximum absolute atomic E-state index is 13.1. The molecule has 1 heterocycles. The van der Waals surface area contributed by atoms with E-state index in [4.69, 9.17) is 4.74 Å². The zero-order chi connectivity index (χ0) is 17.7. The van der Waals surface area contributed by atoms with Gasteiger partial charge in [0.2, 0.25) is 0 Å². The van der Waals surface area contributed by atoms with Crippen LogP contribution in [0.1, 0.15) is 22.3 Å². The van der Waals surface area contributed by atoms with E-state index in [9.17, 15) is 13.2 Å². The third-order valence-corrected chi connectivity index (χ3v) is 6.81. The van der Waals surface area contributed by atoms with Crippen LogP contribution in [-0.4, -0.2) is 33.4 Å². The summed E-state index contributed by atoms with van der Waals surface area (Å²) in [6.07, 6.45) is 0.615. The number of carbonyl (C=O) groups excluding carboxylic acids is 1. The summed E-state index contributed by atoms with van der Waals surface area (Å²) in [6, 6.07) is 8.25. The van der Waals surface area contributed by atoms with Gasteiger partial charge in [0, 0.05) is 11.9 Å². The van der Waals surface area contributed by atoms with Gasteiger partial charge in [0.25, 0.3) is 10.0 Å². The Kier molecular flexibility index (Phi) is 6.42. The van der Waals surface area contributed by atoms with Crippen LogP contribution in [0.15, 0.2) is 40.6 Å². The summed E-state index contributed by atoms with van der Waals surface area (Å²) in [5.41, 5.74) is 1.24. The highest BCUT2D eigenvalue weighted by Gasteiger charge is 2.29. The monoisotopic (exact) mass is 431 g/mol. The fourth-order valence-electron chi connectivity index (χ4n) is 2.13. The maximum atomic E-state index is 13.1. The van der Waals surface area contributed by atoms with Crippen LogP contribution >= 0.6 is 27.3 Å². The SMILES string of the molecule is COC(=O)c1ccsc1N(CCCBr)S(=O)(=O)c1ccc(C)cc1. The van der Waals surface area contributed by atoms with E-state index in [0.717, 1.165) is 5.56 Å². The van der Waals surface area contributed by atoms with Crippen molar-refractivity contribution in [3.05, 3.63) is 46.8 Å². The molecule has 2 rings (SSSR count). The van der Waals surface area contributed by atoms with E-state index in [1.54, 1.807) is 35.7 Å². The van der Waals surface area contributed by atoms with Crippen LogP contribution in [0.4, 0.5) is 5.00 Å². The number of sulfonamides is 1. The number of rotatable bonds is 7. The van der Waals surface area contributed by atoms with Gasteiger partial charge in [-0.2, -0.15) is 0 Å². The molecule has 2 aromatic rings. The molecule has 1 aromatic carbocycles. The maximum Gasteiger partial charge on any atom is 0.340 e. The van der Waals surface area contributed by atoms with Gasteiger partial charge < -0.3 is 4.74 Å². The molecule has 130 valence electrons. The van der Waals surface area contributed by atoms with E-state index < -0.39 is 16.0 Å². The average molecular weight is 432 g/mol. The van der Waals surface area contributed by atoms with Crippen molar-refractivity contribution >= 4 is 48.3 Å². The number of hydrogen-bond donors (Lipinski definition) is 0. The lowest BCUT2D eigenvalue weighted by molar-refractivity contribution is 0.0602. The lowest BCUT2D eigenvalue weighted by Gasteiger charge is -2.23. The number of aryl methyl sites for hydroxylation is 1. The summed E-state index contributed by atoms with van der Waals surface area (Å²) < 4.78 is 32.2. The molecule has 1 aromatic heterocycles.